The predicted octanol–water partition coefficient (Wildman–Crippen LogP) is 1.47. The van der Waals surface area contributed by atoms with Gasteiger partial charge in [-0.1, -0.05) is 13.8 Å². The van der Waals surface area contributed by atoms with Crippen LogP contribution in [-0.4, -0.2) is 97.5 Å². The second kappa shape index (κ2) is 9.92. The molecule has 3 saturated heterocycles. The topological polar surface area (TPSA) is 65.0 Å². The van der Waals surface area contributed by atoms with Crippen molar-refractivity contribution in [2.75, 3.05) is 75.3 Å². The quantitative estimate of drug-likeness (QED) is 0.696. The summed E-state index contributed by atoms with van der Waals surface area (Å²) in [6.07, 6.45) is 3.47. The number of carbonyl (C=O) groups is 1. The Bertz CT molecular complexity index is 675. The lowest BCUT2D eigenvalue weighted by Crippen LogP contribution is -2.49. The van der Waals surface area contributed by atoms with Crippen molar-refractivity contribution >= 4 is 17.5 Å². The van der Waals surface area contributed by atoms with Crippen molar-refractivity contribution in [2.24, 2.45) is 5.92 Å². The van der Waals surface area contributed by atoms with Crippen molar-refractivity contribution in [3.8, 4) is 0 Å². The van der Waals surface area contributed by atoms with Gasteiger partial charge in [-0.25, -0.2) is 0 Å². The molecule has 3 aliphatic rings. The third-order valence-electron chi connectivity index (χ3n) is 6.36. The van der Waals surface area contributed by atoms with E-state index in [9.17, 15) is 4.79 Å². The summed E-state index contributed by atoms with van der Waals surface area (Å²) in [5.74, 6) is 2.55. The number of nitrogens with zero attached hydrogens (tertiary/aromatic N) is 6. The Morgan fingerprint density at radius 1 is 1.00 bits per heavy atom. The molecule has 1 aromatic heterocycles. The van der Waals surface area contributed by atoms with Gasteiger partial charge in [0.05, 0.1) is 6.10 Å². The summed E-state index contributed by atoms with van der Waals surface area (Å²) in [5, 5.41) is 9.01. The number of ether oxygens (including phenoxy) is 1. The van der Waals surface area contributed by atoms with Crippen molar-refractivity contribution in [1.82, 2.24) is 20.0 Å². The highest BCUT2D eigenvalue weighted by molar-refractivity contribution is 5.76. The molecule has 1 atom stereocenters. The lowest BCUT2D eigenvalue weighted by molar-refractivity contribution is -0.132. The highest BCUT2D eigenvalue weighted by Gasteiger charge is 2.25. The van der Waals surface area contributed by atoms with Gasteiger partial charge in [0.2, 0.25) is 5.91 Å². The van der Waals surface area contributed by atoms with Crippen LogP contribution in [0.25, 0.3) is 0 Å². The molecule has 8 nitrogen and oxygen atoms in total. The van der Waals surface area contributed by atoms with Gasteiger partial charge >= 0.3 is 0 Å². The van der Waals surface area contributed by atoms with Gasteiger partial charge in [0, 0.05) is 71.9 Å². The van der Waals surface area contributed by atoms with Crippen LogP contribution in [0, 0.1) is 5.92 Å². The molecule has 0 spiro atoms. The van der Waals surface area contributed by atoms with Crippen LogP contribution in [0.4, 0.5) is 11.6 Å². The van der Waals surface area contributed by atoms with Crippen molar-refractivity contribution in [3.63, 3.8) is 0 Å². The monoisotopic (exact) mass is 416 g/mol. The molecule has 8 heteroatoms. The summed E-state index contributed by atoms with van der Waals surface area (Å²) < 4.78 is 5.77. The van der Waals surface area contributed by atoms with E-state index in [2.05, 4.69) is 50.9 Å². The Kier molecular flexibility index (Phi) is 7.04. The van der Waals surface area contributed by atoms with Gasteiger partial charge in [-0.05, 0) is 30.9 Å². The first-order chi connectivity index (χ1) is 14.6. The average molecular weight is 417 g/mol. The molecule has 30 heavy (non-hydrogen) atoms. The van der Waals surface area contributed by atoms with E-state index in [-0.39, 0.29) is 5.91 Å². The molecule has 0 aliphatic carbocycles. The van der Waals surface area contributed by atoms with Gasteiger partial charge in [-0.2, -0.15) is 0 Å². The van der Waals surface area contributed by atoms with Crippen LogP contribution in [0.3, 0.4) is 0 Å². The first kappa shape index (κ1) is 21.3. The largest absolute Gasteiger partial charge is 0.377 e. The summed E-state index contributed by atoms with van der Waals surface area (Å²) in [5.41, 5.74) is 0. The van der Waals surface area contributed by atoms with Crippen molar-refractivity contribution in [1.29, 1.82) is 0 Å². The number of amides is 1. The van der Waals surface area contributed by atoms with Crippen LogP contribution in [0.15, 0.2) is 12.1 Å². The van der Waals surface area contributed by atoms with Gasteiger partial charge in [0.25, 0.3) is 0 Å². The number of anilines is 2. The molecule has 3 aliphatic heterocycles. The number of carbonyl (C=O) groups excluding carboxylic acids is 1. The second-order valence-corrected chi connectivity index (χ2v) is 9.14. The van der Waals surface area contributed by atoms with Crippen LogP contribution in [0.2, 0.25) is 0 Å². The summed E-state index contributed by atoms with van der Waals surface area (Å²) >= 11 is 0. The Morgan fingerprint density at radius 2 is 1.60 bits per heavy atom. The Morgan fingerprint density at radius 3 is 2.10 bits per heavy atom. The molecular formula is C22H36N6O2. The minimum atomic E-state index is 0.268. The van der Waals surface area contributed by atoms with Gasteiger partial charge < -0.3 is 19.4 Å². The normalized spacial score (nSPS) is 23.4. The smallest absolute Gasteiger partial charge is 0.222 e. The number of hydrogen-bond donors (Lipinski definition) is 0. The number of rotatable bonds is 6. The molecule has 1 aromatic rings. The molecule has 0 radical (unpaired) electrons. The fourth-order valence-electron chi connectivity index (χ4n) is 4.55. The van der Waals surface area contributed by atoms with Crippen LogP contribution in [0.1, 0.15) is 33.1 Å². The molecule has 4 heterocycles. The fraction of sp³-hybridized carbons (Fsp3) is 0.773. The van der Waals surface area contributed by atoms with Crippen molar-refractivity contribution in [3.05, 3.63) is 12.1 Å². The van der Waals surface area contributed by atoms with Crippen molar-refractivity contribution in [2.45, 2.75) is 39.2 Å². The minimum absolute atomic E-state index is 0.268. The average Bonchev–Trinajstić information content (AvgIpc) is 3.27. The summed E-state index contributed by atoms with van der Waals surface area (Å²) in [4.78, 5) is 21.3. The lowest BCUT2D eigenvalue weighted by Gasteiger charge is -2.37. The van der Waals surface area contributed by atoms with E-state index in [1.165, 1.54) is 12.8 Å². The third-order valence-corrected chi connectivity index (χ3v) is 6.36. The highest BCUT2D eigenvalue weighted by atomic mass is 16.5. The van der Waals surface area contributed by atoms with Crippen LogP contribution < -0.4 is 9.80 Å². The maximum atomic E-state index is 12.3. The Balaban J connectivity index is 1.23. The van der Waals surface area contributed by atoms with Crippen LogP contribution in [-0.2, 0) is 9.53 Å². The summed E-state index contributed by atoms with van der Waals surface area (Å²) in [7, 11) is 0. The van der Waals surface area contributed by atoms with E-state index in [1.807, 2.05) is 4.90 Å². The number of piperazine rings is 2. The minimum Gasteiger partial charge on any atom is -0.377 e. The maximum Gasteiger partial charge on any atom is 0.222 e. The zero-order chi connectivity index (χ0) is 20.9. The zero-order valence-electron chi connectivity index (χ0n) is 18.5. The molecule has 3 fully saturated rings. The Hall–Kier alpha value is -1.93. The molecule has 0 saturated carbocycles. The maximum absolute atomic E-state index is 12.3. The molecule has 1 amide bonds. The van der Waals surface area contributed by atoms with Crippen LogP contribution >= 0.6 is 0 Å². The fourth-order valence-corrected chi connectivity index (χ4v) is 4.55. The van der Waals surface area contributed by atoms with Gasteiger partial charge in [-0.15, -0.1) is 10.2 Å². The highest BCUT2D eigenvalue weighted by Crippen LogP contribution is 2.19. The van der Waals surface area contributed by atoms with E-state index < -0.39 is 0 Å². The van der Waals surface area contributed by atoms with E-state index in [0.29, 0.717) is 18.4 Å². The standard InChI is InChI=1S/C22H36N6O2/c1-18(2)16-22(29)28-13-11-27(12-14-28)21-6-5-20(23-24-21)26-9-7-25(8-10-26)17-19-4-3-15-30-19/h5-6,18-19H,3-4,7-17H2,1-2H3. The zero-order valence-corrected chi connectivity index (χ0v) is 18.5. The summed E-state index contributed by atoms with van der Waals surface area (Å²) in [6, 6.07) is 4.17. The molecule has 0 N–H and O–H groups in total. The number of aromatic nitrogens is 2. The molecule has 0 aromatic carbocycles. The molecule has 1 unspecified atom stereocenters. The third kappa shape index (κ3) is 5.40. The number of hydrogen-bond acceptors (Lipinski definition) is 7. The van der Waals surface area contributed by atoms with Gasteiger partial charge in [0.1, 0.15) is 0 Å². The molecular weight excluding hydrogens is 380 g/mol. The first-order valence-corrected chi connectivity index (χ1v) is 11.5. The first-order valence-electron chi connectivity index (χ1n) is 11.5. The summed E-state index contributed by atoms with van der Waals surface area (Å²) in [6.45, 7) is 13.4. The van der Waals surface area contributed by atoms with E-state index >= 15 is 0 Å². The molecule has 4 rings (SSSR count). The molecule has 0 bridgehead atoms. The predicted molar refractivity (Wildman–Crippen MR) is 118 cm³/mol. The Labute approximate surface area is 180 Å². The van der Waals surface area contributed by atoms with Crippen LogP contribution in [0.5, 0.6) is 0 Å². The van der Waals surface area contributed by atoms with E-state index in [1.54, 1.807) is 0 Å². The van der Waals surface area contributed by atoms with Gasteiger partial charge in [0.15, 0.2) is 11.6 Å². The second-order valence-electron chi connectivity index (χ2n) is 9.14. The van der Waals surface area contributed by atoms with Crippen molar-refractivity contribution < 1.29 is 9.53 Å². The lowest BCUT2D eigenvalue weighted by atomic mass is 10.1. The van der Waals surface area contributed by atoms with E-state index in [4.69, 9.17) is 4.74 Å². The van der Waals surface area contributed by atoms with E-state index in [0.717, 1.165) is 77.1 Å². The SMILES string of the molecule is CC(C)CC(=O)N1CCN(c2ccc(N3CCN(CC4CCCO4)CC3)nn2)CC1. The molecule has 166 valence electrons. The van der Waals surface area contributed by atoms with Gasteiger partial charge in [-0.3, -0.25) is 9.69 Å².